The number of hydrogen-bond acceptors (Lipinski definition) is 2. The summed E-state index contributed by atoms with van der Waals surface area (Å²) in [5.41, 5.74) is 2.34. The van der Waals surface area contributed by atoms with E-state index in [1.54, 1.807) is 24.3 Å². The summed E-state index contributed by atoms with van der Waals surface area (Å²) in [5.74, 6) is 0. The van der Waals surface area contributed by atoms with Gasteiger partial charge < -0.3 is 5.11 Å². The van der Waals surface area contributed by atoms with Crippen LogP contribution in [-0.4, -0.2) is 10.1 Å². The van der Waals surface area contributed by atoms with Gasteiger partial charge in [-0.25, -0.2) is 0 Å². The van der Waals surface area contributed by atoms with Crippen molar-refractivity contribution in [2.45, 2.75) is 13.0 Å². The first-order valence-corrected chi connectivity index (χ1v) is 5.42. The van der Waals surface area contributed by atoms with E-state index in [1.807, 2.05) is 25.1 Å². The van der Waals surface area contributed by atoms with Gasteiger partial charge in [-0.05, 0) is 36.8 Å². The van der Waals surface area contributed by atoms with Crippen molar-refractivity contribution in [1.29, 1.82) is 0 Å². The molecule has 0 saturated heterocycles. The van der Waals surface area contributed by atoms with Crippen LogP contribution in [0, 0.1) is 6.92 Å². The fraction of sp³-hybridized carbons (Fsp3) is 0.154. The molecule has 1 heterocycles. The summed E-state index contributed by atoms with van der Waals surface area (Å²) >= 11 is 5.79. The molecular weight excluding hydrogens is 222 g/mol. The predicted octanol–water partition coefficient (Wildman–Crippen LogP) is 3.13. The number of pyridine rings is 1. The SMILES string of the molecule is Cc1cccc(C(O)c2ccc(Cl)cc2)n1. The number of aryl methyl sites for hydroxylation is 1. The smallest absolute Gasteiger partial charge is 0.121 e. The minimum absolute atomic E-state index is 0.655. The minimum atomic E-state index is -0.697. The number of nitrogens with zero attached hydrogens (tertiary/aromatic N) is 1. The van der Waals surface area contributed by atoms with Crippen molar-refractivity contribution in [3.63, 3.8) is 0 Å². The highest BCUT2D eigenvalue weighted by molar-refractivity contribution is 6.30. The second-order valence-corrected chi connectivity index (χ2v) is 4.09. The van der Waals surface area contributed by atoms with Crippen molar-refractivity contribution in [2.75, 3.05) is 0 Å². The highest BCUT2D eigenvalue weighted by Crippen LogP contribution is 2.21. The van der Waals surface area contributed by atoms with Crippen LogP contribution in [0.4, 0.5) is 0 Å². The molecule has 1 aromatic carbocycles. The summed E-state index contributed by atoms with van der Waals surface area (Å²) in [6.45, 7) is 1.90. The Balaban J connectivity index is 2.31. The molecule has 0 saturated carbocycles. The maximum Gasteiger partial charge on any atom is 0.121 e. The molecule has 16 heavy (non-hydrogen) atoms. The van der Waals surface area contributed by atoms with Crippen molar-refractivity contribution < 1.29 is 5.11 Å². The fourth-order valence-corrected chi connectivity index (χ4v) is 1.66. The van der Waals surface area contributed by atoms with E-state index in [0.29, 0.717) is 10.7 Å². The molecule has 0 fully saturated rings. The number of hydrogen-bond donors (Lipinski definition) is 1. The number of rotatable bonds is 2. The van der Waals surface area contributed by atoms with Crippen LogP contribution in [0.3, 0.4) is 0 Å². The van der Waals surface area contributed by atoms with Crippen LogP contribution in [0.15, 0.2) is 42.5 Å². The van der Waals surface area contributed by atoms with E-state index in [1.165, 1.54) is 0 Å². The summed E-state index contributed by atoms with van der Waals surface area (Å²) in [5, 5.41) is 10.8. The predicted molar refractivity (Wildman–Crippen MR) is 64.5 cm³/mol. The minimum Gasteiger partial charge on any atom is -0.382 e. The lowest BCUT2D eigenvalue weighted by Gasteiger charge is -2.10. The molecule has 1 N–H and O–H groups in total. The van der Waals surface area contributed by atoms with Gasteiger partial charge in [0, 0.05) is 10.7 Å². The molecule has 3 heteroatoms. The van der Waals surface area contributed by atoms with E-state index < -0.39 is 6.10 Å². The number of aliphatic hydroxyl groups excluding tert-OH is 1. The summed E-state index contributed by atoms with van der Waals surface area (Å²) < 4.78 is 0. The summed E-state index contributed by atoms with van der Waals surface area (Å²) in [7, 11) is 0. The zero-order chi connectivity index (χ0) is 11.5. The third-order valence-electron chi connectivity index (χ3n) is 2.38. The molecule has 0 aliphatic rings. The molecule has 1 atom stereocenters. The number of benzene rings is 1. The summed E-state index contributed by atoms with van der Waals surface area (Å²) in [6, 6.07) is 12.7. The lowest BCUT2D eigenvalue weighted by Crippen LogP contribution is -2.02. The molecule has 2 aromatic rings. The quantitative estimate of drug-likeness (QED) is 0.865. The summed E-state index contributed by atoms with van der Waals surface area (Å²) in [6.07, 6.45) is -0.697. The molecule has 2 nitrogen and oxygen atoms in total. The molecule has 2 rings (SSSR count). The van der Waals surface area contributed by atoms with Crippen LogP contribution in [0.25, 0.3) is 0 Å². The van der Waals surface area contributed by atoms with E-state index in [2.05, 4.69) is 4.98 Å². The fourth-order valence-electron chi connectivity index (χ4n) is 1.53. The van der Waals surface area contributed by atoms with Crippen LogP contribution < -0.4 is 0 Å². The zero-order valence-corrected chi connectivity index (χ0v) is 9.65. The number of halogens is 1. The van der Waals surface area contributed by atoms with Crippen molar-refractivity contribution >= 4 is 11.6 Å². The Morgan fingerprint density at radius 1 is 1.12 bits per heavy atom. The first-order chi connectivity index (χ1) is 7.66. The lowest BCUT2D eigenvalue weighted by molar-refractivity contribution is 0.215. The van der Waals surface area contributed by atoms with Crippen molar-refractivity contribution in [2.24, 2.45) is 0 Å². The van der Waals surface area contributed by atoms with E-state index in [0.717, 1.165) is 11.3 Å². The van der Waals surface area contributed by atoms with Gasteiger partial charge in [-0.1, -0.05) is 29.8 Å². The van der Waals surface area contributed by atoms with Gasteiger partial charge in [0.05, 0.1) is 5.69 Å². The number of aromatic nitrogens is 1. The first kappa shape index (κ1) is 11.1. The standard InChI is InChI=1S/C13H12ClNO/c1-9-3-2-4-12(15-9)13(16)10-5-7-11(14)8-6-10/h2-8,13,16H,1H3. The second kappa shape index (κ2) is 4.64. The molecule has 1 aromatic heterocycles. The maximum absolute atomic E-state index is 10.1. The molecule has 1 unspecified atom stereocenters. The second-order valence-electron chi connectivity index (χ2n) is 3.66. The van der Waals surface area contributed by atoms with E-state index in [9.17, 15) is 5.11 Å². The Morgan fingerprint density at radius 3 is 2.44 bits per heavy atom. The average Bonchev–Trinajstić information content (AvgIpc) is 2.29. The van der Waals surface area contributed by atoms with Crippen LogP contribution in [0.2, 0.25) is 5.02 Å². The molecule has 0 aliphatic carbocycles. The Hall–Kier alpha value is -1.38. The first-order valence-electron chi connectivity index (χ1n) is 5.04. The normalized spacial score (nSPS) is 12.4. The largest absolute Gasteiger partial charge is 0.382 e. The highest BCUT2D eigenvalue weighted by atomic mass is 35.5. The Kier molecular flexibility index (Phi) is 3.22. The van der Waals surface area contributed by atoms with Crippen molar-refractivity contribution in [3.8, 4) is 0 Å². The molecule has 0 spiro atoms. The highest BCUT2D eigenvalue weighted by Gasteiger charge is 2.11. The van der Waals surface area contributed by atoms with Crippen LogP contribution in [0.1, 0.15) is 23.1 Å². The molecule has 0 radical (unpaired) electrons. The van der Waals surface area contributed by atoms with Gasteiger partial charge in [0.25, 0.3) is 0 Å². The van der Waals surface area contributed by atoms with E-state index >= 15 is 0 Å². The Morgan fingerprint density at radius 2 is 1.81 bits per heavy atom. The third kappa shape index (κ3) is 2.40. The van der Waals surface area contributed by atoms with E-state index in [-0.39, 0.29) is 0 Å². The van der Waals surface area contributed by atoms with Crippen LogP contribution in [-0.2, 0) is 0 Å². The molecular formula is C13H12ClNO. The van der Waals surface area contributed by atoms with Gasteiger partial charge in [0.1, 0.15) is 6.10 Å². The van der Waals surface area contributed by atoms with E-state index in [4.69, 9.17) is 11.6 Å². The molecule has 82 valence electrons. The average molecular weight is 234 g/mol. The van der Waals surface area contributed by atoms with Gasteiger partial charge in [-0.2, -0.15) is 0 Å². The third-order valence-corrected chi connectivity index (χ3v) is 2.63. The van der Waals surface area contributed by atoms with Crippen LogP contribution in [0.5, 0.6) is 0 Å². The van der Waals surface area contributed by atoms with Crippen molar-refractivity contribution in [1.82, 2.24) is 4.98 Å². The van der Waals surface area contributed by atoms with Gasteiger partial charge in [0.15, 0.2) is 0 Å². The number of aliphatic hydroxyl groups is 1. The van der Waals surface area contributed by atoms with Gasteiger partial charge >= 0.3 is 0 Å². The van der Waals surface area contributed by atoms with Gasteiger partial charge in [-0.3, -0.25) is 4.98 Å². The lowest BCUT2D eigenvalue weighted by atomic mass is 10.1. The Bertz CT molecular complexity index is 482. The van der Waals surface area contributed by atoms with Crippen molar-refractivity contribution in [3.05, 3.63) is 64.4 Å². The van der Waals surface area contributed by atoms with Gasteiger partial charge in [-0.15, -0.1) is 0 Å². The monoisotopic (exact) mass is 233 g/mol. The zero-order valence-electron chi connectivity index (χ0n) is 8.89. The van der Waals surface area contributed by atoms with Crippen LogP contribution >= 0.6 is 11.6 Å². The molecule has 0 bridgehead atoms. The maximum atomic E-state index is 10.1. The summed E-state index contributed by atoms with van der Waals surface area (Å²) in [4.78, 5) is 4.29. The molecule has 0 aliphatic heterocycles. The van der Waals surface area contributed by atoms with Gasteiger partial charge in [0.2, 0.25) is 0 Å². The Labute approximate surface area is 99.5 Å². The molecule has 0 amide bonds. The topological polar surface area (TPSA) is 33.1 Å².